The van der Waals surface area contributed by atoms with E-state index < -0.39 is 0 Å². The molecule has 74 valence electrons. The van der Waals surface area contributed by atoms with Crippen molar-refractivity contribution in [2.45, 2.75) is 6.42 Å². The number of fused-ring (bicyclic) bond motifs is 1. The van der Waals surface area contributed by atoms with Crippen LogP contribution in [0.25, 0.3) is 0 Å². The Hall–Kier alpha value is -1.71. The molecule has 3 N–H and O–H groups in total. The fraction of sp³-hybridized carbons (Fsp3) is 0.300. The summed E-state index contributed by atoms with van der Waals surface area (Å²) in [6.45, 7) is 0.735. The quantitative estimate of drug-likeness (QED) is 0.600. The zero-order valence-corrected chi connectivity index (χ0v) is 8.08. The number of carbonyl (C=O) groups excluding carboxylic acids is 1. The van der Waals surface area contributed by atoms with Gasteiger partial charge in [-0.1, -0.05) is 6.07 Å². The van der Waals surface area contributed by atoms with E-state index in [1.165, 1.54) is 5.56 Å². The summed E-state index contributed by atoms with van der Waals surface area (Å²) < 4.78 is 0. The van der Waals surface area contributed by atoms with Gasteiger partial charge < -0.3 is 11.1 Å². The van der Waals surface area contributed by atoms with Crippen molar-refractivity contribution in [2.75, 3.05) is 24.2 Å². The summed E-state index contributed by atoms with van der Waals surface area (Å²) in [7, 11) is 1.63. The predicted octanol–water partition coefficient (Wildman–Crippen LogP) is 0.971. The Morgan fingerprint density at radius 1 is 1.57 bits per heavy atom. The van der Waals surface area contributed by atoms with Gasteiger partial charge in [0.15, 0.2) is 0 Å². The molecule has 4 nitrogen and oxygen atoms in total. The van der Waals surface area contributed by atoms with Gasteiger partial charge in [-0.05, 0) is 24.1 Å². The monoisotopic (exact) mass is 191 g/mol. The topological polar surface area (TPSA) is 58.4 Å². The van der Waals surface area contributed by atoms with Crippen molar-refractivity contribution in [3.63, 3.8) is 0 Å². The van der Waals surface area contributed by atoms with E-state index in [2.05, 4.69) is 5.32 Å². The highest BCUT2D eigenvalue weighted by Gasteiger charge is 2.23. The Morgan fingerprint density at radius 3 is 3.07 bits per heavy atom. The summed E-state index contributed by atoms with van der Waals surface area (Å²) in [5.41, 5.74) is 8.49. The molecule has 0 saturated carbocycles. The first-order valence-electron chi connectivity index (χ1n) is 4.60. The van der Waals surface area contributed by atoms with Crippen LogP contribution in [-0.4, -0.2) is 19.6 Å². The van der Waals surface area contributed by atoms with Gasteiger partial charge >= 0.3 is 6.03 Å². The Kier molecular flexibility index (Phi) is 2.04. The standard InChI is InChI=1S/C10H13N3O/c1-12-10(14)13-5-4-7-2-3-8(11)6-9(7)13/h2-3,6H,4-5,11H2,1H3,(H,12,14). The Bertz CT molecular complexity index is 376. The van der Waals surface area contributed by atoms with Crippen molar-refractivity contribution < 1.29 is 4.79 Å². The van der Waals surface area contributed by atoms with Crippen LogP contribution in [0.1, 0.15) is 5.56 Å². The molecule has 1 aliphatic heterocycles. The van der Waals surface area contributed by atoms with Gasteiger partial charge in [0, 0.05) is 19.3 Å². The van der Waals surface area contributed by atoms with Gasteiger partial charge in [0.1, 0.15) is 0 Å². The van der Waals surface area contributed by atoms with Crippen LogP contribution in [0.2, 0.25) is 0 Å². The molecule has 4 heteroatoms. The highest BCUT2D eigenvalue weighted by atomic mass is 16.2. The highest BCUT2D eigenvalue weighted by molar-refractivity contribution is 5.94. The number of nitrogen functional groups attached to an aromatic ring is 1. The van der Waals surface area contributed by atoms with Crippen LogP contribution in [0, 0.1) is 0 Å². The predicted molar refractivity (Wildman–Crippen MR) is 56.4 cm³/mol. The molecule has 1 aromatic rings. The van der Waals surface area contributed by atoms with Crippen LogP contribution in [0.3, 0.4) is 0 Å². The summed E-state index contributed by atoms with van der Waals surface area (Å²) >= 11 is 0. The highest BCUT2D eigenvalue weighted by Crippen LogP contribution is 2.29. The first-order chi connectivity index (χ1) is 6.72. The largest absolute Gasteiger partial charge is 0.399 e. The minimum atomic E-state index is -0.0747. The fourth-order valence-electron chi connectivity index (χ4n) is 1.74. The Balaban J connectivity index is 2.38. The number of amides is 2. The molecule has 0 unspecified atom stereocenters. The second-order valence-corrected chi connectivity index (χ2v) is 3.34. The van der Waals surface area contributed by atoms with Gasteiger partial charge in [0.2, 0.25) is 0 Å². The van der Waals surface area contributed by atoms with Gasteiger partial charge in [-0.3, -0.25) is 4.90 Å². The number of rotatable bonds is 0. The van der Waals surface area contributed by atoms with Gasteiger partial charge in [-0.25, -0.2) is 4.79 Å². The van der Waals surface area contributed by atoms with Gasteiger partial charge in [-0.15, -0.1) is 0 Å². The molecule has 0 saturated heterocycles. The van der Waals surface area contributed by atoms with Crippen molar-refractivity contribution in [3.8, 4) is 0 Å². The van der Waals surface area contributed by atoms with Crippen LogP contribution in [0.5, 0.6) is 0 Å². The third kappa shape index (κ3) is 1.28. The summed E-state index contributed by atoms with van der Waals surface area (Å²) in [6, 6.07) is 5.62. The van der Waals surface area contributed by atoms with Gasteiger partial charge in [0.05, 0.1) is 5.69 Å². The average molecular weight is 191 g/mol. The SMILES string of the molecule is CNC(=O)N1CCc2ccc(N)cc21. The number of anilines is 2. The summed E-state index contributed by atoms with van der Waals surface area (Å²) in [4.78, 5) is 13.2. The third-order valence-corrected chi connectivity index (χ3v) is 2.46. The minimum Gasteiger partial charge on any atom is -0.399 e. The van der Waals surface area contributed by atoms with Gasteiger partial charge in [-0.2, -0.15) is 0 Å². The smallest absolute Gasteiger partial charge is 0.321 e. The van der Waals surface area contributed by atoms with Crippen molar-refractivity contribution in [1.82, 2.24) is 5.32 Å². The third-order valence-electron chi connectivity index (χ3n) is 2.46. The van der Waals surface area contributed by atoms with Crippen molar-refractivity contribution in [2.24, 2.45) is 0 Å². The summed E-state index contributed by atoms with van der Waals surface area (Å²) in [5, 5.41) is 2.61. The normalized spacial score (nSPS) is 13.9. The molecular weight excluding hydrogens is 178 g/mol. The number of carbonyl (C=O) groups is 1. The maximum absolute atomic E-state index is 11.5. The molecule has 2 amide bonds. The van der Waals surface area contributed by atoms with Crippen LogP contribution in [0.4, 0.5) is 16.2 Å². The van der Waals surface area contributed by atoms with E-state index in [-0.39, 0.29) is 6.03 Å². The number of urea groups is 1. The molecule has 1 aromatic carbocycles. The Labute approximate surface area is 82.7 Å². The first kappa shape index (κ1) is 8.87. The Morgan fingerprint density at radius 2 is 2.36 bits per heavy atom. The zero-order chi connectivity index (χ0) is 10.1. The first-order valence-corrected chi connectivity index (χ1v) is 4.60. The van der Waals surface area contributed by atoms with E-state index in [1.54, 1.807) is 11.9 Å². The van der Waals surface area contributed by atoms with Gasteiger partial charge in [0.25, 0.3) is 0 Å². The molecule has 0 spiro atoms. The summed E-state index contributed by atoms with van der Waals surface area (Å²) in [6.07, 6.45) is 0.906. The second kappa shape index (κ2) is 3.21. The lowest BCUT2D eigenvalue weighted by Crippen LogP contribution is -2.36. The van der Waals surface area contributed by atoms with Crippen molar-refractivity contribution in [1.29, 1.82) is 0 Å². The van der Waals surface area contributed by atoms with E-state index in [0.717, 1.165) is 18.7 Å². The second-order valence-electron chi connectivity index (χ2n) is 3.34. The van der Waals surface area contributed by atoms with Crippen molar-refractivity contribution in [3.05, 3.63) is 23.8 Å². The van der Waals surface area contributed by atoms with Crippen molar-refractivity contribution >= 4 is 17.4 Å². The van der Waals surface area contributed by atoms with Crippen LogP contribution in [0.15, 0.2) is 18.2 Å². The number of hydrogen-bond donors (Lipinski definition) is 2. The lowest BCUT2D eigenvalue weighted by Gasteiger charge is -2.16. The molecule has 1 aliphatic rings. The maximum Gasteiger partial charge on any atom is 0.321 e. The molecule has 0 radical (unpaired) electrons. The molecule has 14 heavy (non-hydrogen) atoms. The molecule has 0 aliphatic carbocycles. The van der Waals surface area contributed by atoms with E-state index in [1.807, 2.05) is 18.2 Å². The minimum absolute atomic E-state index is 0.0747. The number of benzene rings is 1. The van der Waals surface area contributed by atoms with Crippen LogP contribution in [-0.2, 0) is 6.42 Å². The number of nitrogens with zero attached hydrogens (tertiary/aromatic N) is 1. The maximum atomic E-state index is 11.5. The average Bonchev–Trinajstić information content (AvgIpc) is 2.59. The molecular formula is C10H13N3O. The lowest BCUT2D eigenvalue weighted by molar-refractivity contribution is 0.248. The number of nitrogens with one attached hydrogen (secondary N) is 1. The van der Waals surface area contributed by atoms with E-state index in [9.17, 15) is 4.79 Å². The van der Waals surface area contributed by atoms with Crippen LogP contribution < -0.4 is 16.0 Å². The number of nitrogens with two attached hydrogens (primary N) is 1. The van der Waals surface area contributed by atoms with E-state index >= 15 is 0 Å². The number of hydrogen-bond acceptors (Lipinski definition) is 2. The van der Waals surface area contributed by atoms with Crippen LogP contribution >= 0.6 is 0 Å². The molecule has 1 heterocycles. The lowest BCUT2D eigenvalue weighted by atomic mass is 10.1. The zero-order valence-electron chi connectivity index (χ0n) is 8.08. The van der Waals surface area contributed by atoms with E-state index in [0.29, 0.717) is 5.69 Å². The molecule has 0 aromatic heterocycles. The van der Waals surface area contributed by atoms with E-state index in [4.69, 9.17) is 5.73 Å². The summed E-state index contributed by atoms with van der Waals surface area (Å²) in [5.74, 6) is 0. The molecule has 0 atom stereocenters. The molecule has 0 bridgehead atoms. The molecule has 2 rings (SSSR count). The molecule has 0 fully saturated rings. The fourth-order valence-corrected chi connectivity index (χ4v) is 1.74.